The van der Waals surface area contributed by atoms with E-state index in [2.05, 4.69) is 64.8 Å². The van der Waals surface area contributed by atoms with E-state index >= 15 is 0 Å². The molecule has 192 valence electrons. The topological polar surface area (TPSA) is 44.7 Å². The summed E-state index contributed by atoms with van der Waals surface area (Å²) in [6.45, 7) is 3.99. The summed E-state index contributed by atoms with van der Waals surface area (Å²) in [5, 5.41) is 15.7. The van der Waals surface area contributed by atoms with Crippen molar-refractivity contribution in [3.05, 3.63) is 60.2 Å². The third kappa shape index (κ3) is 8.42. The molecular formula is C31H46N2O2. The first-order chi connectivity index (χ1) is 17.3. The van der Waals surface area contributed by atoms with Crippen LogP contribution in [0.2, 0.25) is 0 Å². The number of β-amino-alcohol motifs (C(OH)–C–C–N with tert-alkyl or cyclic N) is 1. The third-order valence-corrected chi connectivity index (χ3v) is 7.83. The molecule has 1 aliphatic carbocycles. The Labute approximate surface area is 213 Å². The fourth-order valence-electron chi connectivity index (χ4n) is 5.79. The molecule has 0 aromatic heterocycles. The Hall–Kier alpha value is -1.72. The summed E-state index contributed by atoms with van der Waals surface area (Å²) in [6.07, 6.45) is 14.1. The summed E-state index contributed by atoms with van der Waals surface area (Å²) in [6, 6.07) is 19.7. The lowest BCUT2D eigenvalue weighted by Crippen LogP contribution is -2.47. The molecule has 2 fully saturated rings. The van der Waals surface area contributed by atoms with Gasteiger partial charge in [0.1, 0.15) is 0 Å². The molecular weight excluding hydrogens is 432 g/mol. The molecule has 2 aliphatic rings. The van der Waals surface area contributed by atoms with Crippen molar-refractivity contribution in [2.45, 2.75) is 88.8 Å². The largest absolute Gasteiger partial charge is 0.390 e. The molecule has 2 aromatic rings. The van der Waals surface area contributed by atoms with Gasteiger partial charge in [0.2, 0.25) is 0 Å². The summed E-state index contributed by atoms with van der Waals surface area (Å²) < 4.78 is 5.55. The van der Waals surface area contributed by atoms with Gasteiger partial charge in [-0.2, -0.15) is 0 Å². The molecule has 4 heteroatoms. The molecule has 2 unspecified atom stereocenters. The van der Waals surface area contributed by atoms with Crippen LogP contribution in [-0.2, 0) is 4.74 Å². The predicted molar refractivity (Wildman–Crippen MR) is 146 cm³/mol. The molecule has 4 rings (SSSR count). The zero-order valence-corrected chi connectivity index (χ0v) is 21.5. The molecule has 1 heterocycles. The molecule has 0 radical (unpaired) electrons. The van der Waals surface area contributed by atoms with Crippen LogP contribution in [0.4, 0.5) is 0 Å². The molecule has 1 aliphatic heterocycles. The maximum Gasteiger partial charge on any atom is 0.0861 e. The first kappa shape index (κ1) is 26.3. The van der Waals surface area contributed by atoms with Gasteiger partial charge in [-0.3, -0.25) is 4.90 Å². The zero-order valence-electron chi connectivity index (χ0n) is 21.5. The number of rotatable bonds is 7. The van der Waals surface area contributed by atoms with Crippen LogP contribution in [0.5, 0.6) is 0 Å². The van der Waals surface area contributed by atoms with E-state index in [1.165, 1.54) is 87.3 Å². The van der Waals surface area contributed by atoms with E-state index in [1.54, 1.807) is 0 Å². The van der Waals surface area contributed by atoms with Crippen LogP contribution >= 0.6 is 0 Å². The monoisotopic (exact) mass is 478 g/mol. The van der Waals surface area contributed by atoms with E-state index in [9.17, 15) is 5.11 Å². The molecule has 2 aromatic carbocycles. The van der Waals surface area contributed by atoms with Crippen LogP contribution in [0, 0.1) is 0 Å². The zero-order chi connectivity index (χ0) is 24.1. The number of benzene rings is 2. The molecule has 1 saturated heterocycles. The minimum Gasteiger partial charge on any atom is -0.390 e. The Kier molecular flexibility index (Phi) is 11.1. The van der Waals surface area contributed by atoms with Crippen molar-refractivity contribution in [3.8, 4) is 11.1 Å². The van der Waals surface area contributed by atoms with Gasteiger partial charge in [-0.1, -0.05) is 112 Å². The van der Waals surface area contributed by atoms with Gasteiger partial charge in [0, 0.05) is 25.7 Å². The van der Waals surface area contributed by atoms with Gasteiger partial charge in [0.05, 0.1) is 25.4 Å². The second kappa shape index (κ2) is 14.7. The number of hydrogen-bond donors (Lipinski definition) is 2. The van der Waals surface area contributed by atoms with Crippen molar-refractivity contribution in [1.29, 1.82) is 0 Å². The van der Waals surface area contributed by atoms with Gasteiger partial charge >= 0.3 is 0 Å². The standard InChI is InChI=1S/C31H46N2O2/c34-30(25-33-21-23-35-24-22-33)31(29-20-14-13-19-28(29)26-15-9-8-10-16-26)32-27-17-11-6-4-2-1-3-5-7-12-18-27/h8-10,13-16,19-20,27,30-32,34H,1-7,11-12,17-18,21-25H2. The molecule has 35 heavy (non-hydrogen) atoms. The van der Waals surface area contributed by atoms with Crippen LogP contribution in [0.15, 0.2) is 54.6 Å². The van der Waals surface area contributed by atoms with E-state index in [0.29, 0.717) is 12.6 Å². The van der Waals surface area contributed by atoms with Crippen molar-refractivity contribution < 1.29 is 9.84 Å². The summed E-state index contributed by atoms with van der Waals surface area (Å²) in [7, 11) is 0. The van der Waals surface area contributed by atoms with Gasteiger partial charge in [-0.25, -0.2) is 0 Å². The van der Waals surface area contributed by atoms with Crippen molar-refractivity contribution >= 4 is 0 Å². The predicted octanol–water partition coefficient (Wildman–Crippen LogP) is 6.35. The molecule has 1 saturated carbocycles. The molecule has 0 amide bonds. The first-order valence-electron chi connectivity index (χ1n) is 14.2. The Morgan fingerprint density at radius 3 is 2.00 bits per heavy atom. The van der Waals surface area contributed by atoms with E-state index in [4.69, 9.17) is 4.74 Å². The van der Waals surface area contributed by atoms with Crippen molar-refractivity contribution in [3.63, 3.8) is 0 Å². The average molecular weight is 479 g/mol. The summed E-state index contributed by atoms with van der Waals surface area (Å²) >= 11 is 0. The quantitative estimate of drug-likeness (QED) is 0.487. The first-order valence-corrected chi connectivity index (χ1v) is 14.2. The highest BCUT2D eigenvalue weighted by atomic mass is 16.5. The summed E-state index contributed by atoms with van der Waals surface area (Å²) in [4.78, 5) is 2.36. The lowest BCUT2D eigenvalue weighted by Gasteiger charge is -2.35. The lowest BCUT2D eigenvalue weighted by atomic mass is 9.90. The van der Waals surface area contributed by atoms with Gasteiger partial charge in [-0.05, 0) is 29.5 Å². The van der Waals surface area contributed by atoms with Gasteiger partial charge in [0.25, 0.3) is 0 Å². The smallest absolute Gasteiger partial charge is 0.0861 e. The molecule has 2 N–H and O–H groups in total. The van der Waals surface area contributed by atoms with Gasteiger partial charge in [0.15, 0.2) is 0 Å². The van der Waals surface area contributed by atoms with Crippen LogP contribution < -0.4 is 5.32 Å². The minimum absolute atomic E-state index is 0.0906. The number of nitrogens with zero attached hydrogens (tertiary/aromatic N) is 1. The van der Waals surface area contributed by atoms with Crippen LogP contribution in [0.3, 0.4) is 0 Å². The van der Waals surface area contributed by atoms with Crippen molar-refractivity contribution in [2.24, 2.45) is 0 Å². The number of morpholine rings is 1. The van der Waals surface area contributed by atoms with Gasteiger partial charge < -0.3 is 15.2 Å². The lowest BCUT2D eigenvalue weighted by molar-refractivity contribution is 0.00487. The van der Waals surface area contributed by atoms with E-state index in [1.807, 2.05) is 0 Å². The summed E-state index contributed by atoms with van der Waals surface area (Å²) in [5.41, 5.74) is 3.65. The second-order valence-electron chi connectivity index (χ2n) is 10.5. The SMILES string of the molecule is OC(CN1CCOCC1)C(NC1CCCCCCCCCCC1)c1ccccc1-c1ccccc1. The van der Waals surface area contributed by atoms with E-state index in [-0.39, 0.29) is 6.04 Å². The Bertz CT molecular complexity index is 825. The van der Waals surface area contributed by atoms with Crippen molar-refractivity contribution in [2.75, 3.05) is 32.8 Å². The normalized spacial score (nSPS) is 21.5. The highest BCUT2D eigenvalue weighted by Gasteiger charge is 2.28. The Morgan fingerprint density at radius 1 is 0.771 bits per heavy atom. The fourth-order valence-corrected chi connectivity index (χ4v) is 5.79. The number of hydrogen-bond acceptors (Lipinski definition) is 4. The van der Waals surface area contributed by atoms with E-state index in [0.717, 1.165) is 26.3 Å². The number of aliphatic hydroxyl groups is 1. The second-order valence-corrected chi connectivity index (χ2v) is 10.5. The average Bonchev–Trinajstić information content (AvgIpc) is 2.89. The maximum absolute atomic E-state index is 11.7. The molecule has 0 spiro atoms. The maximum atomic E-state index is 11.7. The Balaban J connectivity index is 1.56. The molecule has 0 bridgehead atoms. The number of aliphatic hydroxyl groups excluding tert-OH is 1. The van der Waals surface area contributed by atoms with Crippen LogP contribution in [0.1, 0.15) is 82.2 Å². The highest BCUT2D eigenvalue weighted by molar-refractivity contribution is 5.68. The highest BCUT2D eigenvalue weighted by Crippen LogP contribution is 2.31. The van der Waals surface area contributed by atoms with Gasteiger partial charge in [-0.15, -0.1) is 0 Å². The minimum atomic E-state index is -0.473. The Morgan fingerprint density at radius 2 is 1.34 bits per heavy atom. The molecule has 2 atom stereocenters. The van der Waals surface area contributed by atoms with Crippen molar-refractivity contribution in [1.82, 2.24) is 10.2 Å². The molecule has 4 nitrogen and oxygen atoms in total. The summed E-state index contributed by atoms with van der Waals surface area (Å²) in [5.74, 6) is 0. The number of ether oxygens (including phenoxy) is 1. The van der Waals surface area contributed by atoms with Crippen LogP contribution in [-0.4, -0.2) is 55.0 Å². The third-order valence-electron chi connectivity index (χ3n) is 7.83. The number of nitrogens with one attached hydrogen (secondary N) is 1. The van der Waals surface area contributed by atoms with E-state index < -0.39 is 6.10 Å². The fraction of sp³-hybridized carbons (Fsp3) is 0.613. The van der Waals surface area contributed by atoms with Crippen LogP contribution in [0.25, 0.3) is 11.1 Å².